The summed E-state index contributed by atoms with van der Waals surface area (Å²) in [4.78, 5) is 18.2. The van der Waals surface area contributed by atoms with Crippen LogP contribution in [0.2, 0.25) is 5.02 Å². The first-order valence-electron chi connectivity index (χ1n) is 18.3. The van der Waals surface area contributed by atoms with Gasteiger partial charge in [0.2, 0.25) is 10.0 Å². The minimum atomic E-state index is -4.05. The largest absolute Gasteiger partial charge is 0.487 e. The predicted octanol–water partition coefficient (Wildman–Crippen LogP) is 5.90. The van der Waals surface area contributed by atoms with E-state index in [1.807, 2.05) is 31.2 Å². The number of rotatable bonds is 4. The Morgan fingerprint density at radius 3 is 2.50 bits per heavy atom. The smallest absolute Gasteiger partial charge is 0.264 e. The van der Waals surface area contributed by atoms with E-state index in [9.17, 15) is 13.2 Å². The van der Waals surface area contributed by atoms with Gasteiger partial charge in [0.25, 0.3) is 5.91 Å². The number of fused-ring (bicyclic) bond motifs is 3. The fraction of sp³-hybridized carbons (Fsp3) is 0.658. The maximum absolute atomic E-state index is 13.8. The summed E-state index contributed by atoms with van der Waals surface area (Å²) >= 11 is 6.38. The molecule has 1 N–H and O–H groups in total. The standard InChI is InChI=1S/C38H54ClN3O7S/c1-25-8-7-10-33(38-48-22-31(23-49-38)41(2)3)32-15-12-28(32)20-42-17-6-5-9-26-18-30(39)14-11-29(26)21-47-35-16-13-27(19-34(35)42)37(43)40-50(44,45)36(25)24-46-4/h11,13-14,16,18-19,25,28,31-33,36,38H,5-10,12,15,17,20-24H2,1-4H3,(H,40,43)/t25-,28-,31-,32+,33+,36+,38-/m0/s1. The van der Waals surface area contributed by atoms with E-state index < -0.39 is 21.2 Å². The minimum Gasteiger partial charge on any atom is -0.487 e. The molecular weight excluding hydrogens is 678 g/mol. The van der Waals surface area contributed by atoms with Gasteiger partial charge in [-0.2, -0.15) is 0 Å². The van der Waals surface area contributed by atoms with Gasteiger partial charge in [-0.3, -0.25) is 4.79 Å². The number of hydrogen-bond donors (Lipinski definition) is 1. The molecule has 12 heteroatoms. The molecule has 2 aromatic carbocycles. The Labute approximate surface area is 303 Å². The number of anilines is 1. The summed E-state index contributed by atoms with van der Waals surface area (Å²) in [5.74, 6) is 0.799. The van der Waals surface area contributed by atoms with E-state index in [1.54, 1.807) is 12.1 Å². The van der Waals surface area contributed by atoms with Gasteiger partial charge in [0, 0.05) is 36.7 Å². The van der Waals surface area contributed by atoms with Crippen molar-refractivity contribution in [3.05, 3.63) is 58.1 Å². The second kappa shape index (κ2) is 16.5. The molecule has 6 rings (SSSR count). The molecule has 0 unspecified atom stereocenters. The third kappa shape index (κ3) is 8.61. The summed E-state index contributed by atoms with van der Waals surface area (Å²) in [7, 11) is 1.55. The monoisotopic (exact) mass is 731 g/mol. The average Bonchev–Trinajstić information content (AvgIpc) is 3.11. The first-order chi connectivity index (χ1) is 24.0. The van der Waals surface area contributed by atoms with Gasteiger partial charge in [-0.05, 0) is 118 Å². The van der Waals surface area contributed by atoms with Crippen LogP contribution in [0.15, 0.2) is 36.4 Å². The van der Waals surface area contributed by atoms with Crippen molar-refractivity contribution in [1.82, 2.24) is 9.62 Å². The van der Waals surface area contributed by atoms with Crippen molar-refractivity contribution in [2.24, 2.45) is 23.7 Å². The predicted molar refractivity (Wildman–Crippen MR) is 195 cm³/mol. The quantitative estimate of drug-likeness (QED) is 0.412. The van der Waals surface area contributed by atoms with Gasteiger partial charge in [-0.15, -0.1) is 0 Å². The number of carbonyl (C=O) groups excluding carboxylic acids is 1. The molecule has 3 heterocycles. The van der Waals surface area contributed by atoms with E-state index in [4.69, 9.17) is 30.5 Å². The van der Waals surface area contributed by atoms with Gasteiger partial charge in [0.05, 0.1) is 31.5 Å². The van der Waals surface area contributed by atoms with Crippen molar-refractivity contribution in [3.63, 3.8) is 0 Å². The molecule has 50 heavy (non-hydrogen) atoms. The van der Waals surface area contributed by atoms with Crippen molar-refractivity contribution in [3.8, 4) is 5.75 Å². The number of aryl methyl sites for hydroxylation is 1. The number of benzene rings is 2. The van der Waals surface area contributed by atoms with Gasteiger partial charge in [-0.1, -0.05) is 31.0 Å². The van der Waals surface area contributed by atoms with E-state index in [0.29, 0.717) is 48.8 Å². The first kappa shape index (κ1) is 37.4. The fourth-order valence-corrected chi connectivity index (χ4v) is 9.99. The number of nitrogens with zero attached hydrogens (tertiary/aromatic N) is 2. The van der Waals surface area contributed by atoms with Gasteiger partial charge in [0.1, 0.15) is 17.6 Å². The van der Waals surface area contributed by atoms with Crippen LogP contribution in [-0.4, -0.2) is 90.9 Å². The Bertz CT molecular complexity index is 1580. The normalized spacial score (nSPS) is 30.9. The van der Waals surface area contributed by atoms with Crippen molar-refractivity contribution in [2.45, 2.75) is 82.5 Å². The van der Waals surface area contributed by atoms with Crippen molar-refractivity contribution in [1.29, 1.82) is 0 Å². The number of amides is 1. The van der Waals surface area contributed by atoms with Crippen molar-refractivity contribution in [2.75, 3.05) is 59.0 Å². The molecule has 0 aromatic heterocycles. The van der Waals surface area contributed by atoms with Crippen molar-refractivity contribution < 1.29 is 32.2 Å². The number of sulfonamides is 1. The van der Waals surface area contributed by atoms with Crippen LogP contribution < -0.4 is 14.4 Å². The zero-order valence-electron chi connectivity index (χ0n) is 29.9. The van der Waals surface area contributed by atoms with Gasteiger partial charge < -0.3 is 28.7 Å². The molecule has 3 aliphatic heterocycles. The van der Waals surface area contributed by atoms with Gasteiger partial charge in [0.15, 0.2) is 6.29 Å². The van der Waals surface area contributed by atoms with E-state index >= 15 is 0 Å². The molecule has 0 spiro atoms. The van der Waals surface area contributed by atoms with Crippen LogP contribution in [0, 0.1) is 23.7 Å². The number of likely N-dealkylation sites (N-methyl/N-ethyl adjacent to an activating group) is 1. The molecule has 2 fully saturated rings. The lowest BCUT2D eigenvalue weighted by molar-refractivity contribution is -0.240. The number of methoxy groups -OCH3 is 1. The van der Waals surface area contributed by atoms with Crippen LogP contribution >= 0.6 is 11.6 Å². The van der Waals surface area contributed by atoms with E-state index in [2.05, 4.69) is 28.6 Å². The lowest BCUT2D eigenvalue weighted by Gasteiger charge is -2.48. The lowest BCUT2D eigenvalue weighted by Crippen LogP contribution is -2.50. The summed E-state index contributed by atoms with van der Waals surface area (Å²) in [6, 6.07) is 11.4. The number of carbonyl (C=O) groups is 1. The van der Waals surface area contributed by atoms with Crippen LogP contribution in [0.5, 0.6) is 5.75 Å². The minimum absolute atomic E-state index is 0.00281. The maximum atomic E-state index is 13.8. The molecule has 1 aliphatic carbocycles. The number of nitrogens with one attached hydrogen (secondary N) is 1. The van der Waals surface area contributed by atoms with E-state index in [1.165, 1.54) is 12.7 Å². The molecule has 5 atom stereocenters. The van der Waals surface area contributed by atoms with Crippen LogP contribution in [0.1, 0.15) is 73.4 Å². The van der Waals surface area contributed by atoms with Gasteiger partial charge in [-0.25, -0.2) is 13.1 Å². The second-order valence-corrected chi connectivity index (χ2v) is 17.3. The van der Waals surface area contributed by atoms with Crippen molar-refractivity contribution >= 4 is 33.2 Å². The molecule has 2 aromatic rings. The first-order valence-corrected chi connectivity index (χ1v) is 20.2. The maximum Gasteiger partial charge on any atom is 0.264 e. The Balaban J connectivity index is 1.36. The Morgan fingerprint density at radius 2 is 1.78 bits per heavy atom. The average molecular weight is 732 g/mol. The molecule has 2 bridgehead atoms. The molecule has 0 radical (unpaired) electrons. The summed E-state index contributed by atoms with van der Waals surface area (Å²) in [5.41, 5.74) is 3.36. The van der Waals surface area contributed by atoms with Crippen LogP contribution in [-0.2, 0) is 37.3 Å². The summed E-state index contributed by atoms with van der Waals surface area (Å²) < 4.78 is 54.7. The molecule has 1 saturated heterocycles. The highest BCUT2D eigenvalue weighted by Crippen LogP contribution is 2.46. The van der Waals surface area contributed by atoms with Crippen LogP contribution in [0.3, 0.4) is 0 Å². The zero-order valence-corrected chi connectivity index (χ0v) is 31.5. The number of ether oxygens (including phenoxy) is 4. The highest BCUT2D eigenvalue weighted by Gasteiger charge is 2.44. The topological polar surface area (TPSA) is 107 Å². The summed E-state index contributed by atoms with van der Waals surface area (Å²) in [6.07, 6.45) is 7.11. The molecule has 276 valence electrons. The van der Waals surface area contributed by atoms with Crippen LogP contribution in [0.25, 0.3) is 0 Å². The van der Waals surface area contributed by atoms with E-state index in [-0.39, 0.29) is 36.3 Å². The number of hydrogen-bond acceptors (Lipinski definition) is 9. The lowest BCUT2D eigenvalue weighted by atomic mass is 9.65. The third-order valence-electron chi connectivity index (χ3n) is 11.5. The molecular formula is C38H54ClN3O7S. The summed E-state index contributed by atoms with van der Waals surface area (Å²) in [5, 5.41) is -0.165. The zero-order chi connectivity index (χ0) is 35.4. The fourth-order valence-electron chi connectivity index (χ4n) is 8.20. The second-order valence-electron chi connectivity index (χ2n) is 15.0. The highest BCUT2D eigenvalue weighted by atomic mass is 35.5. The molecule has 4 aliphatic rings. The Kier molecular flexibility index (Phi) is 12.3. The third-order valence-corrected chi connectivity index (χ3v) is 13.6. The number of halogens is 1. The molecule has 10 nitrogen and oxygen atoms in total. The highest BCUT2D eigenvalue weighted by molar-refractivity contribution is 7.90. The SMILES string of the molecule is COC[C@@H]1[C@@H](C)CCC[C@@H]([C@H]2OC[C@H](N(C)C)CO2)[C@@H]2CC[C@H]2CN2CCCCc3cc(Cl)ccc3COc3ccc(cc32)C(=O)NS1(=O)=O. The molecule has 1 saturated carbocycles. The Morgan fingerprint density at radius 1 is 0.980 bits per heavy atom. The summed E-state index contributed by atoms with van der Waals surface area (Å²) in [6.45, 7) is 5.14. The van der Waals surface area contributed by atoms with Crippen LogP contribution in [0.4, 0.5) is 5.69 Å². The molecule has 1 amide bonds. The Hall–Kier alpha value is -2.41. The van der Waals surface area contributed by atoms with E-state index in [0.717, 1.165) is 69.3 Å². The van der Waals surface area contributed by atoms with Gasteiger partial charge >= 0.3 is 0 Å².